The predicted molar refractivity (Wildman–Crippen MR) is 111 cm³/mol. The molecule has 0 aliphatic rings. The van der Waals surface area contributed by atoms with Crippen molar-refractivity contribution in [2.45, 2.75) is 45.0 Å². The van der Waals surface area contributed by atoms with Gasteiger partial charge >= 0.3 is 0 Å². The second-order valence-electron chi connectivity index (χ2n) is 7.27. The van der Waals surface area contributed by atoms with E-state index in [0.29, 0.717) is 0 Å². The number of hydrogen-bond acceptors (Lipinski definition) is 1. The summed E-state index contributed by atoms with van der Waals surface area (Å²) in [5, 5.41) is 2.04. The molecule has 0 aliphatic carbocycles. The average molecular weight is 336 g/mol. The fourth-order valence-electron chi connectivity index (χ4n) is 3.31. The van der Waals surface area contributed by atoms with Crippen LogP contribution in [0.1, 0.15) is 33.6 Å². The van der Waals surface area contributed by atoms with Crippen molar-refractivity contribution in [1.29, 1.82) is 0 Å². The quantitative estimate of drug-likeness (QED) is 0.608. The van der Waals surface area contributed by atoms with Gasteiger partial charge in [0.2, 0.25) is 0 Å². The molecule has 1 nitrogen and oxygen atoms in total. The van der Waals surface area contributed by atoms with Crippen molar-refractivity contribution in [3.63, 3.8) is 0 Å². The molecule has 2 rings (SSSR count). The van der Waals surface area contributed by atoms with E-state index in [-0.39, 0.29) is 5.04 Å². The van der Waals surface area contributed by atoms with Gasteiger partial charge in [0, 0.05) is 0 Å². The van der Waals surface area contributed by atoms with Gasteiger partial charge in [0.25, 0.3) is 8.32 Å². The normalized spacial score (nSPS) is 13.1. The van der Waals surface area contributed by atoms with Gasteiger partial charge in [-0.1, -0.05) is 92.5 Å². The van der Waals surface area contributed by atoms with Crippen LogP contribution in [-0.2, 0) is 0 Å². The Balaban J connectivity index is 2.43. The fraction of sp³-hybridized carbons (Fsp3) is 0.333. The van der Waals surface area contributed by atoms with Gasteiger partial charge in [0.05, 0.1) is 0 Å². The van der Waals surface area contributed by atoms with Gasteiger partial charge in [-0.05, 0) is 35.2 Å². The molecule has 0 unspecified atom stereocenters. The molecule has 0 aromatic heterocycles. The molecule has 24 heavy (non-hydrogen) atoms. The number of hydrogen-bond donors (Lipinski definition) is 1. The van der Waals surface area contributed by atoms with Gasteiger partial charge in [-0.15, -0.1) is 0 Å². The minimum atomic E-state index is -2.84. The van der Waals surface area contributed by atoms with Crippen molar-refractivity contribution in [1.82, 2.24) is 0 Å². The fourth-order valence-corrected chi connectivity index (χ4v) is 7.06. The Kier molecular flexibility index (Phi) is 6.25. The first-order valence-corrected chi connectivity index (χ1v) is 10.9. The molecular weight excluding hydrogens is 307 g/mol. The van der Waals surface area contributed by atoms with Crippen LogP contribution in [0.2, 0.25) is 11.4 Å². The monoisotopic (exact) mass is 336 g/mol. The molecule has 3 heteroatoms. The largest absolute Gasteiger partial charge is 0.424 e. The van der Waals surface area contributed by atoms with Crippen molar-refractivity contribution >= 4 is 26.5 Å². The molecule has 1 N–H and O–H groups in total. The lowest BCUT2D eigenvalue weighted by Crippen LogP contribution is -2.65. The van der Waals surface area contributed by atoms with Crippen molar-refractivity contribution < 1.29 is 4.80 Å². The minimum Gasteiger partial charge on any atom is -0.424 e. The van der Waals surface area contributed by atoms with Crippen molar-refractivity contribution in [3.05, 3.63) is 72.3 Å². The first-order chi connectivity index (χ1) is 11.4. The predicted octanol–water partition coefficient (Wildman–Crippen LogP) is 3.30. The summed E-state index contributed by atoms with van der Waals surface area (Å²) in [6.45, 7) is 6.65. The molecule has 0 fully saturated rings. The molecule has 0 heterocycles. The minimum absolute atomic E-state index is 0.153. The summed E-state index contributed by atoms with van der Waals surface area (Å²) in [6.07, 6.45) is 5.42. The third kappa shape index (κ3) is 3.90. The summed E-state index contributed by atoms with van der Waals surface area (Å²) in [5.41, 5.74) is 1.43. The topological polar surface area (TPSA) is 20.2 Å². The standard InChI is InChI=1S/C21H29BOSi/c1-18(17-22)11-10-16-21(2,3)24(23,19-12-6-4-7-13-19)20-14-8-5-9-15-20/h4-9,11-15,23H,10,16-17,22H2,1-3H3/b18-11+. The Bertz CT molecular complexity index is 625. The van der Waals surface area contributed by atoms with E-state index in [9.17, 15) is 4.80 Å². The van der Waals surface area contributed by atoms with Gasteiger partial charge in [-0.25, -0.2) is 0 Å². The number of allylic oxidation sites excluding steroid dienone is 2. The smallest absolute Gasteiger partial charge is 0.258 e. The molecule has 0 spiro atoms. The highest BCUT2D eigenvalue weighted by Gasteiger charge is 2.49. The molecule has 126 valence electrons. The molecule has 0 saturated carbocycles. The lowest BCUT2D eigenvalue weighted by molar-refractivity contribution is 0.468. The van der Waals surface area contributed by atoms with E-state index in [1.807, 2.05) is 36.4 Å². The lowest BCUT2D eigenvalue weighted by Gasteiger charge is -2.41. The van der Waals surface area contributed by atoms with E-state index in [0.717, 1.165) is 29.5 Å². The van der Waals surface area contributed by atoms with Crippen LogP contribution in [0.25, 0.3) is 0 Å². The molecule has 0 atom stereocenters. The van der Waals surface area contributed by atoms with Crippen molar-refractivity contribution in [2.24, 2.45) is 0 Å². The van der Waals surface area contributed by atoms with Gasteiger partial charge in [-0.2, -0.15) is 0 Å². The molecule has 0 aliphatic heterocycles. The van der Waals surface area contributed by atoms with Crippen LogP contribution in [0.4, 0.5) is 0 Å². The van der Waals surface area contributed by atoms with E-state index < -0.39 is 8.32 Å². The highest BCUT2D eigenvalue weighted by molar-refractivity contribution is 6.98. The molecule has 0 amide bonds. The molecule has 0 bridgehead atoms. The van der Waals surface area contributed by atoms with Gasteiger partial charge in [-0.3, -0.25) is 0 Å². The molecule has 2 aromatic carbocycles. The van der Waals surface area contributed by atoms with Crippen molar-refractivity contribution in [2.75, 3.05) is 0 Å². The second kappa shape index (κ2) is 8.00. The maximum absolute atomic E-state index is 12.0. The first kappa shape index (κ1) is 18.8. The summed E-state index contributed by atoms with van der Waals surface area (Å²) >= 11 is 0. The van der Waals surface area contributed by atoms with Gasteiger partial charge < -0.3 is 4.80 Å². The zero-order chi connectivity index (χ0) is 17.6. The molecule has 0 saturated heterocycles. The van der Waals surface area contributed by atoms with E-state index in [1.54, 1.807) is 0 Å². The number of benzene rings is 2. The Morgan fingerprint density at radius 3 is 1.88 bits per heavy atom. The van der Waals surface area contributed by atoms with Crippen LogP contribution in [0, 0.1) is 0 Å². The van der Waals surface area contributed by atoms with E-state index in [4.69, 9.17) is 0 Å². The summed E-state index contributed by atoms with van der Waals surface area (Å²) in [4.78, 5) is 12.0. The van der Waals surface area contributed by atoms with E-state index >= 15 is 0 Å². The Labute approximate surface area is 149 Å². The van der Waals surface area contributed by atoms with Crippen LogP contribution in [0.5, 0.6) is 0 Å². The van der Waals surface area contributed by atoms with Gasteiger partial charge in [0.1, 0.15) is 7.85 Å². The zero-order valence-corrected chi connectivity index (χ0v) is 16.4. The van der Waals surface area contributed by atoms with E-state index in [2.05, 4.69) is 59.0 Å². The van der Waals surface area contributed by atoms with E-state index in [1.165, 1.54) is 5.57 Å². The molecule has 0 radical (unpaired) electrons. The maximum atomic E-state index is 12.0. The van der Waals surface area contributed by atoms with Crippen LogP contribution in [-0.4, -0.2) is 21.0 Å². The average Bonchev–Trinajstić information content (AvgIpc) is 2.62. The van der Waals surface area contributed by atoms with Crippen LogP contribution in [0.15, 0.2) is 72.3 Å². The molecular formula is C21H29BOSi. The van der Waals surface area contributed by atoms with Crippen molar-refractivity contribution in [3.8, 4) is 0 Å². The summed E-state index contributed by atoms with van der Waals surface area (Å²) in [6, 6.07) is 20.5. The lowest BCUT2D eigenvalue weighted by atomic mass is 9.96. The first-order valence-electron chi connectivity index (χ1n) is 8.91. The third-order valence-corrected chi connectivity index (χ3v) is 9.73. The summed E-state index contributed by atoms with van der Waals surface area (Å²) in [5.74, 6) is 0. The third-order valence-electron chi connectivity index (χ3n) is 5.18. The highest BCUT2D eigenvalue weighted by atomic mass is 28.4. The van der Waals surface area contributed by atoms with Gasteiger partial charge in [0.15, 0.2) is 0 Å². The maximum Gasteiger partial charge on any atom is 0.258 e. The summed E-state index contributed by atoms with van der Waals surface area (Å²) in [7, 11) is -0.650. The highest BCUT2D eigenvalue weighted by Crippen LogP contribution is 2.40. The Morgan fingerprint density at radius 2 is 1.46 bits per heavy atom. The van der Waals surface area contributed by atoms with Crippen LogP contribution >= 0.6 is 0 Å². The SMILES string of the molecule is BC/C(C)=C/CCC(C)(C)[Si](O)(c1ccccc1)c1ccccc1. The number of rotatable bonds is 7. The second-order valence-corrected chi connectivity index (χ2v) is 11.2. The Morgan fingerprint density at radius 1 is 1.00 bits per heavy atom. The Hall–Kier alpha value is -1.58. The van der Waals surface area contributed by atoms with Crippen LogP contribution < -0.4 is 10.4 Å². The zero-order valence-electron chi connectivity index (χ0n) is 15.4. The molecule has 2 aromatic rings. The summed E-state index contributed by atoms with van der Waals surface area (Å²) < 4.78 is 0. The van der Waals surface area contributed by atoms with Crippen LogP contribution in [0.3, 0.4) is 0 Å².